The van der Waals surface area contributed by atoms with E-state index in [4.69, 9.17) is 22.7 Å². The average molecular weight is 195 g/mol. The molecule has 2 nitrogen and oxygen atoms in total. The molecule has 70 valence electrons. The van der Waals surface area contributed by atoms with Crippen LogP contribution in [0.25, 0.3) is 0 Å². The van der Waals surface area contributed by atoms with Gasteiger partial charge in [0.05, 0.1) is 0 Å². The highest BCUT2D eigenvalue weighted by molar-refractivity contribution is 7.80. The smallest absolute Gasteiger partial charge is 0.138 e. The molecular formula is C10H13NOS. The molecule has 0 amide bonds. The fraction of sp³-hybridized carbons (Fsp3) is 0.300. The van der Waals surface area contributed by atoms with E-state index in [9.17, 15) is 0 Å². The molecule has 1 rings (SSSR count). The van der Waals surface area contributed by atoms with Crippen LogP contribution in [-0.4, -0.2) is 11.6 Å². The van der Waals surface area contributed by atoms with Crippen molar-refractivity contribution in [1.29, 1.82) is 0 Å². The number of rotatable bonds is 3. The highest BCUT2D eigenvalue weighted by Gasteiger charge is 1.97. The van der Waals surface area contributed by atoms with Gasteiger partial charge in [-0.2, -0.15) is 0 Å². The van der Waals surface area contributed by atoms with Crippen molar-refractivity contribution in [3.8, 4) is 5.75 Å². The van der Waals surface area contributed by atoms with Crippen molar-refractivity contribution in [3.63, 3.8) is 0 Å². The summed E-state index contributed by atoms with van der Waals surface area (Å²) < 4.78 is 5.34. The van der Waals surface area contributed by atoms with Crippen molar-refractivity contribution >= 4 is 17.2 Å². The van der Waals surface area contributed by atoms with Crippen molar-refractivity contribution in [2.24, 2.45) is 5.73 Å². The SMILES string of the molecule is Cc1ccc(OCC(N)=S)cc1C. The number of nitrogens with two attached hydrogens (primary N) is 1. The summed E-state index contributed by atoms with van der Waals surface area (Å²) in [5.41, 5.74) is 7.78. The van der Waals surface area contributed by atoms with Crippen molar-refractivity contribution in [2.45, 2.75) is 13.8 Å². The molecular weight excluding hydrogens is 182 g/mol. The molecule has 0 aliphatic carbocycles. The maximum atomic E-state index is 5.34. The first-order chi connectivity index (χ1) is 6.09. The molecule has 1 aromatic rings. The monoisotopic (exact) mass is 195 g/mol. The number of aryl methyl sites for hydroxylation is 2. The molecule has 0 aliphatic heterocycles. The summed E-state index contributed by atoms with van der Waals surface area (Å²) in [6.45, 7) is 4.41. The molecule has 2 N–H and O–H groups in total. The Hall–Kier alpha value is -1.09. The second kappa shape index (κ2) is 4.23. The van der Waals surface area contributed by atoms with Crippen LogP contribution >= 0.6 is 12.2 Å². The van der Waals surface area contributed by atoms with Crippen LogP contribution in [0.1, 0.15) is 11.1 Å². The van der Waals surface area contributed by atoms with Crippen LogP contribution in [0.5, 0.6) is 5.75 Å². The van der Waals surface area contributed by atoms with Gasteiger partial charge in [-0.1, -0.05) is 18.3 Å². The standard InChI is InChI=1S/C10H13NOS/c1-7-3-4-9(5-8(7)2)12-6-10(11)13/h3-5H,6H2,1-2H3,(H2,11,13). The summed E-state index contributed by atoms with van der Waals surface area (Å²) >= 11 is 4.71. The molecule has 0 aromatic heterocycles. The molecule has 1 aromatic carbocycles. The lowest BCUT2D eigenvalue weighted by atomic mass is 10.1. The van der Waals surface area contributed by atoms with Gasteiger partial charge in [0.25, 0.3) is 0 Å². The topological polar surface area (TPSA) is 35.2 Å². The Morgan fingerprint density at radius 1 is 1.38 bits per heavy atom. The van der Waals surface area contributed by atoms with E-state index in [2.05, 4.69) is 6.92 Å². The lowest BCUT2D eigenvalue weighted by Gasteiger charge is -2.06. The molecule has 0 saturated carbocycles. The van der Waals surface area contributed by atoms with E-state index >= 15 is 0 Å². The van der Waals surface area contributed by atoms with Gasteiger partial charge < -0.3 is 10.5 Å². The number of benzene rings is 1. The molecule has 0 unspecified atom stereocenters. The van der Waals surface area contributed by atoms with Gasteiger partial charge in [-0.25, -0.2) is 0 Å². The zero-order valence-electron chi connectivity index (χ0n) is 7.83. The van der Waals surface area contributed by atoms with Crippen LogP contribution < -0.4 is 10.5 Å². The van der Waals surface area contributed by atoms with Crippen LogP contribution in [0.3, 0.4) is 0 Å². The molecule has 0 aliphatic rings. The minimum absolute atomic E-state index is 0.303. The van der Waals surface area contributed by atoms with E-state index < -0.39 is 0 Å². The van der Waals surface area contributed by atoms with Gasteiger partial charge in [-0.3, -0.25) is 0 Å². The number of hydrogen-bond donors (Lipinski definition) is 1. The fourth-order valence-corrected chi connectivity index (χ4v) is 1.02. The maximum absolute atomic E-state index is 5.34. The van der Waals surface area contributed by atoms with Crippen molar-refractivity contribution in [1.82, 2.24) is 0 Å². The average Bonchev–Trinajstić information content (AvgIpc) is 2.07. The van der Waals surface area contributed by atoms with E-state index in [1.165, 1.54) is 11.1 Å². The molecule has 0 spiro atoms. The second-order valence-corrected chi connectivity index (χ2v) is 3.53. The second-order valence-electron chi connectivity index (χ2n) is 3.00. The molecule has 3 heteroatoms. The first kappa shape index (κ1) is 9.99. The number of hydrogen-bond acceptors (Lipinski definition) is 2. The van der Waals surface area contributed by atoms with E-state index in [1.807, 2.05) is 25.1 Å². The van der Waals surface area contributed by atoms with Crippen LogP contribution in [0, 0.1) is 13.8 Å². The third-order valence-electron chi connectivity index (χ3n) is 1.86. The summed E-state index contributed by atoms with van der Waals surface area (Å²) in [5, 5.41) is 0. The minimum Gasteiger partial charge on any atom is -0.486 e. The highest BCUT2D eigenvalue weighted by Crippen LogP contribution is 2.15. The quantitative estimate of drug-likeness (QED) is 0.749. The summed E-state index contributed by atoms with van der Waals surface area (Å²) in [4.78, 5) is 0.373. The molecule has 0 radical (unpaired) electrons. The Labute approximate surface area is 83.7 Å². The minimum atomic E-state index is 0.303. The first-order valence-electron chi connectivity index (χ1n) is 4.08. The van der Waals surface area contributed by atoms with Gasteiger partial charge in [-0.05, 0) is 37.1 Å². The molecule has 0 atom stereocenters. The Bertz CT molecular complexity index is 323. The summed E-state index contributed by atoms with van der Waals surface area (Å²) in [7, 11) is 0. The molecule has 13 heavy (non-hydrogen) atoms. The largest absolute Gasteiger partial charge is 0.486 e. The Morgan fingerprint density at radius 2 is 2.08 bits per heavy atom. The lowest BCUT2D eigenvalue weighted by molar-refractivity contribution is 0.377. The third kappa shape index (κ3) is 3.03. The maximum Gasteiger partial charge on any atom is 0.138 e. The summed E-state index contributed by atoms with van der Waals surface area (Å²) in [5.74, 6) is 0.816. The molecule has 0 fully saturated rings. The van der Waals surface area contributed by atoms with Crippen LogP contribution in [0.15, 0.2) is 18.2 Å². The summed E-state index contributed by atoms with van der Waals surface area (Å²) in [6, 6.07) is 5.92. The first-order valence-corrected chi connectivity index (χ1v) is 4.49. The van der Waals surface area contributed by atoms with Gasteiger partial charge >= 0.3 is 0 Å². The van der Waals surface area contributed by atoms with Crippen LogP contribution in [0.2, 0.25) is 0 Å². The lowest BCUT2D eigenvalue weighted by Crippen LogP contribution is -2.17. The fourth-order valence-electron chi connectivity index (χ4n) is 0.958. The zero-order valence-corrected chi connectivity index (χ0v) is 8.65. The van der Waals surface area contributed by atoms with Gasteiger partial charge in [-0.15, -0.1) is 0 Å². The Morgan fingerprint density at radius 3 is 2.62 bits per heavy atom. The Kier molecular flexibility index (Phi) is 3.25. The van der Waals surface area contributed by atoms with Crippen molar-refractivity contribution < 1.29 is 4.74 Å². The predicted molar refractivity (Wildman–Crippen MR) is 58.2 cm³/mol. The van der Waals surface area contributed by atoms with Gasteiger partial charge in [0, 0.05) is 0 Å². The predicted octanol–water partition coefficient (Wildman–Crippen LogP) is 1.97. The van der Waals surface area contributed by atoms with E-state index in [0.717, 1.165) is 5.75 Å². The summed E-state index contributed by atoms with van der Waals surface area (Å²) in [6.07, 6.45) is 0. The molecule has 0 saturated heterocycles. The molecule has 0 bridgehead atoms. The van der Waals surface area contributed by atoms with E-state index in [1.54, 1.807) is 0 Å². The van der Waals surface area contributed by atoms with Gasteiger partial charge in [0.1, 0.15) is 17.3 Å². The van der Waals surface area contributed by atoms with E-state index in [-0.39, 0.29) is 0 Å². The third-order valence-corrected chi connectivity index (χ3v) is 1.98. The van der Waals surface area contributed by atoms with Gasteiger partial charge in [0.15, 0.2) is 0 Å². The van der Waals surface area contributed by atoms with Crippen molar-refractivity contribution in [2.75, 3.05) is 6.61 Å². The van der Waals surface area contributed by atoms with E-state index in [0.29, 0.717) is 11.6 Å². The van der Waals surface area contributed by atoms with Crippen LogP contribution in [-0.2, 0) is 0 Å². The zero-order chi connectivity index (χ0) is 9.84. The normalized spacial score (nSPS) is 9.69. The molecule has 0 heterocycles. The number of thiocarbonyl (C=S) groups is 1. The Balaban J connectivity index is 2.68. The van der Waals surface area contributed by atoms with Crippen LogP contribution in [0.4, 0.5) is 0 Å². The highest BCUT2D eigenvalue weighted by atomic mass is 32.1. The van der Waals surface area contributed by atoms with Crippen molar-refractivity contribution in [3.05, 3.63) is 29.3 Å². The number of ether oxygens (including phenoxy) is 1. The van der Waals surface area contributed by atoms with Gasteiger partial charge in [0.2, 0.25) is 0 Å².